The molecule has 1 aliphatic rings. The van der Waals surface area contributed by atoms with E-state index in [2.05, 4.69) is 0 Å². The van der Waals surface area contributed by atoms with E-state index in [9.17, 15) is 22.8 Å². The molecule has 5 heteroatoms. The Morgan fingerprint density at radius 3 is 2.55 bits per heavy atom. The zero-order chi connectivity index (χ0) is 16.2. The SMILES string of the molecule is O=C1CCCCC/C=C\1CC(=O)c1ccccc1C(F)(F)F. The Balaban J connectivity index is 2.24. The fourth-order valence-corrected chi connectivity index (χ4v) is 2.57. The molecular formula is C17H17F3O2. The quantitative estimate of drug-likeness (QED) is 0.756. The van der Waals surface area contributed by atoms with Gasteiger partial charge in [0.15, 0.2) is 11.6 Å². The van der Waals surface area contributed by atoms with Crippen LogP contribution in [0.4, 0.5) is 13.2 Å². The molecule has 0 N–H and O–H groups in total. The van der Waals surface area contributed by atoms with Gasteiger partial charge in [-0.15, -0.1) is 0 Å². The zero-order valence-corrected chi connectivity index (χ0v) is 12.1. The molecule has 2 nitrogen and oxygen atoms in total. The maximum Gasteiger partial charge on any atom is 0.417 e. The molecule has 1 aromatic carbocycles. The van der Waals surface area contributed by atoms with Gasteiger partial charge in [0.2, 0.25) is 0 Å². The molecule has 0 radical (unpaired) electrons. The van der Waals surface area contributed by atoms with Crippen molar-refractivity contribution in [2.45, 2.75) is 44.7 Å². The highest BCUT2D eigenvalue weighted by Crippen LogP contribution is 2.33. The summed E-state index contributed by atoms with van der Waals surface area (Å²) in [5, 5.41) is 0. The minimum atomic E-state index is -4.58. The van der Waals surface area contributed by atoms with Crippen molar-refractivity contribution in [3.8, 4) is 0 Å². The summed E-state index contributed by atoms with van der Waals surface area (Å²) in [6.07, 6.45) is 0.580. The number of ketones is 2. The highest BCUT2D eigenvalue weighted by molar-refractivity contribution is 6.06. The lowest BCUT2D eigenvalue weighted by atomic mass is 9.92. The van der Waals surface area contributed by atoms with Crippen molar-refractivity contribution in [3.63, 3.8) is 0 Å². The number of halogens is 3. The van der Waals surface area contributed by atoms with Crippen LogP contribution in [0.25, 0.3) is 0 Å². The van der Waals surface area contributed by atoms with Crippen molar-refractivity contribution >= 4 is 11.6 Å². The third kappa shape index (κ3) is 4.06. The van der Waals surface area contributed by atoms with Gasteiger partial charge in [0.1, 0.15) is 0 Å². The minimum absolute atomic E-state index is 0.127. The van der Waals surface area contributed by atoms with Gasteiger partial charge in [0, 0.05) is 18.4 Å². The van der Waals surface area contributed by atoms with Crippen molar-refractivity contribution in [1.82, 2.24) is 0 Å². The van der Waals surface area contributed by atoms with Crippen LogP contribution in [0.2, 0.25) is 0 Å². The second kappa shape index (κ2) is 6.90. The van der Waals surface area contributed by atoms with Crippen LogP contribution in [0.5, 0.6) is 0 Å². The van der Waals surface area contributed by atoms with Crippen LogP contribution < -0.4 is 0 Å². The number of carbonyl (C=O) groups excluding carboxylic acids is 2. The summed E-state index contributed by atoms with van der Waals surface area (Å²) in [6.45, 7) is 0. The Morgan fingerprint density at radius 2 is 1.82 bits per heavy atom. The van der Waals surface area contributed by atoms with Crippen molar-refractivity contribution in [2.24, 2.45) is 0 Å². The average Bonchev–Trinajstić information content (AvgIpc) is 2.46. The predicted molar refractivity (Wildman–Crippen MR) is 76.6 cm³/mol. The van der Waals surface area contributed by atoms with Crippen LogP contribution in [0.1, 0.15) is 54.4 Å². The summed E-state index contributed by atoms with van der Waals surface area (Å²) >= 11 is 0. The first-order valence-corrected chi connectivity index (χ1v) is 7.31. The van der Waals surface area contributed by atoms with E-state index in [1.54, 1.807) is 6.08 Å². The number of carbonyl (C=O) groups is 2. The van der Waals surface area contributed by atoms with Crippen molar-refractivity contribution < 1.29 is 22.8 Å². The predicted octanol–water partition coefficient (Wildman–Crippen LogP) is 4.74. The Bertz CT molecular complexity index is 600. The number of alkyl halides is 3. The topological polar surface area (TPSA) is 34.1 Å². The van der Waals surface area contributed by atoms with Crippen molar-refractivity contribution in [2.75, 3.05) is 0 Å². The molecule has 118 valence electrons. The van der Waals surface area contributed by atoms with E-state index in [4.69, 9.17) is 0 Å². The third-order valence-electron chi connectivity index (χ3n) is 3.74. The lowest BCUT2D eigenvalue weighted by molar-refractivity contribution is -0.137. The molecule has 0 heterocycles. The fourth-order valence-electron chi connectivity index (χ4n) is 2.57. The highest BCUT2D eigenvalue weighted by Gasteiger charge is 2.34. The average molecular weight is 310 g/mol. The first-order valence-electron chi connectivity index (χ1n) is 7.31. The van der Waals surface area contributed by atoms with Gasteiger partial charge in [-0.05, 0) is 30.9 Å². The van der Waals surface area contributed by atoms with Crippen molar-refractivity contribution in [3.05, 3.63) is 47.0 Å². The molecule has 0 saturated heterocycles. The van der Waals surface area contributed by atoms with E-state index in [0.717, 1.165) is 25.3 Å². The van der Waals surface area contributed by atoms with E-state index in [0.29, 0.717) is 18.4 Å². The van der Waals surface area contributed by atoms with Crippen LogP contribution in [-0.2, 0) is 11.0 Å². The summed E-state index contributed by atoms with van der Waals surface area (Å²) < 4.78 is 38.8. The maximum atomic E-state index is 12.9. The Kier molecular flexibility index (Phi) is 5.16. The Morgan fingerprint density at radius 1 is 1.09 bits per heavy atom. The second-order valence-corrected chi connectivity index (χ2v) is 5.40. The van der Waals surface area contributed by atoms with Crippen LogP contribution in [0, 0.1) is 0 Å². The molecule has 0 amide bonds. The summed E-state index contributed by atoms with van der Waals surface area (Å²) in [7, 11) is 0. The first-order chi connectivity index (χ1) is 10.4. The van der Waals surface area contributed by atoms with Crippen LogP contribution in [-0.4, -0.2) is 11.6 Å². The molecule has 2 rings (SSSR count). The smallest absolute Gasteiger partial charge is 0.295 e. The number of rotatable bonds is 3. The summed E-state index contributed by atoms with van der Waals surface area (Å²) in [4.78, 5) is 24.2. The minimum Gasteiger partial charge on any atom is -0.295 e. The molecular weight excluding hydrogens is 293 g/mol. The van der Waals surface area contributed by atoms with Gasteiger partial charge in [0.05, 0.1) is 5.56 Å². The second-order valence-electron chi connectivity index (χ2n) is 5.40. The number of allylic oxidation sites excluding steroid dienone is 2. The molecule has 0 spiro atoms. The summed E-state index contributed by atoms with van der Waals surface area (Å²) in [6, 6.07) is 4.71. The highest BCUT2D eigenvalue weighted by atomic mass is 19.4. The number of hydrogen-bond donors (Lipinski definition) is 0. The van der Waals surface area contributed by atoms with Gasteiger partial charge < -0.3 is 0 Å². The normalized spacial score (nSPS) is 19.0. The molecule has 0 saturated carbocycles. The number of benzene rings is 1. The molecule has 0 aromatic heterocycles. The number of Topliss-reactive ketones (excluding diaryl/α,β-unsaturated/α-hetero) is 2. The number of hydrogen-bond acceptors (Lipinski definition) is 2. The van der Waals surface area contributed by atoms with Gasteiger partial charge >= 0.3 is 6.18 Å². The van der Waals surface area contributed by atoms with E-state index in [-0.39, 0.29) is 17.8 Å². The molecule has 0 unspecified atom stereocenters. The van der Waals surface area contributed by atoms with Gasteiger partial charge in [-0.25, -0.2) is 0 Å². The van der Waals surface area contributed by atoms with Gasteiger partial charge in [-0.1, -0.05) is 30.7 Å². The Labute approximate surface area is 127 Å². The molecule has 1 aliphatic carbocycles. The van der Waals surface area contributed by atoms with E-state index in [1.807, 2.05) is 0 Å². The lowest BCUT2D eigenvalue weighted by Crippen LogP contribution is -2.15. The standard InChI is InChI=1S/C17H17F3O2/c18-17(19,20)14-9-6-5-8-13(14)16(22)11-12-7-3-1-2-4-10-15(12)21/h5-9H,1-4,10-11H2/b12-7-. The molecule has 1 aromatic rings. The Hall–Kier alpha value is -1.91. The fraction of sp³-hybridized carbons (Fsp3) is 0.412. The van der Waals surface area contributed by atoms with Crippen LogP contribution in [0.15, 0.2) is 35.9 Å². The molecule has 0 fully saturated rings. The van der Waals surface area contributed by atoms with Crippen LogP contribution >= 0.6 is 0 Å². The van der Waals surface area contributed by atoms with E-state index in [1.165, 1.54) is 18.2 Å². The van der Waals surface area contributed by atoms with Gasteiger partial charge in [0.25, 0.3) is 0 Å². The molecule has 0 bridgehead atoms. The summed E-state index contributed by atoms with van der Waals surface area (Å²) in [5.74, 6) is -0.786. The monoisotopic (exact) mass is 310 g/mol. The van der Waals surface area contributed by atoms with Crippen molar-refractivity contribution in [1.29, 1.82) is 0 Å². The molecule has 22 heavy (non-hydrogen) atoms. The van der Waals surface area contributed by atoms with E-state index >= 15 is 0 Å². The van der Waals surface area contributed by atoms with Gasteiger partial charge in [-0.2, -0.15) is 13.2 Å². The largest absolute Gasteiger partial charge is 0.417 e. The zero-order valence-electron chi connectivity index (χ0n) is 12.1. The molecule has 0 atom stereocenters. The van der Waals surface area contributed by atoms with Crippen LogP contribution in [0.3, 0.4) is 0 Å². The van der Waals surface area contributed by atoms with E-state index < -0.39 is 17.5 Å². The lowest BCUT2D eigenvalue weighted by Gasteiger charge is -2.13. The maximum absolute atomic E-state index is 12.9. The first kappa shape index (κ1) is 16.5. The summed E-state index contributed by atoms with van der Waals surface area (Å²) in [5.41, 5.74) is -0.966. The molecule has 0 aliphatic heterocycles. The third-order valence-corrected chi connectivity index (χ3v) is 3.74. The van der Waals surface area contributed by atoms with Gasteiger partial charge in [-0.3, -0.25) is 9.59 Å².